The zero-order valence-corrected chi connectivity index (χ0v) is 14.9. The molecule has 0 aromatic heterocycles. The number of amides is 1. The molecular weight excluding hydrogens is 303 g/mol. The van der Waals surface area contributed by atoms with Crippen LogP contribution in [0, 0.1) is 5.82 Å². The van der Waals surface area contributed by atoms with Gasteiger partial charge in [-0.3, -0.25) is 4.79 Å². The van der Waals surface area contributed by atoms with E-state index in [1.54, 1.807) is 12.1 Å². The number of carbonyl (C=O) groups is 1. The molecule has 0 spiro atoms. The summed E-state index contributed by atoms with van der Waals surface area (Å²) in [6, 6.07) is 5.97. The fourth-order valence-corrected chi connectivity index (χ4v) is 2.56. The van der Waals surface area contributed by atoms with E-state index in [9.17, 15) is 9.18 Å². The highest BCUT2D eigenvalue weighted by atomic mass is 19.1. The van der Waals surface area contributed by atoms with Crippen molar-refractivity contribution in [1.82, 2.24) is 5.43 Å². The number of nitrogens with one attached hydrogen (secondary N) is 1. The van der Waals surface area contributed by atoms with Gasteiger partial charge in [-0.2, -0.15) is 5.10 Å². The summed E-state index contributed by atoms with van der Waals surface area (Å²) < 4.78 is 12.7. The zero-order chi connectivity index (χ0) is 17.5. The van der Waals surface area contributed by atoms with Gasteiger partial charge < -0.3 is 0 Å². The third-order valence-electron chi connectivity index (χ3n) is 4.03. The maximum Gasteiger partial charge on any atom is 0.240 e. The van der Waals surface area contributed by atoms with Crippen LogP contribution in [-0.2, 0) is 4.79 Å². The summed E-state index contributed by atoms with van der Waals surface area (Å²) in [6.07, 6.45) is 14.6. The molecule has 0 unspecified atom stereocenters. The first-order valence-corrected chi connectivity index (χ1v) is 9.30. The van der Waals surface area contributed by atoms with Gasteiger partial charge in [-0.15, -0.1) is 0 Å². The largest absolute Gasteiger partial charge is 0.273 e. The molecule has 1 amide bonds. The molecular formula is C20H31FN2O. The van der Waals surface area contributed by atoms with E-state index < -0.39 is 0 Å². The lowest BCUT2D eigenvalue weighted by Crippen LogP contribution is -2.16. The third kappa shape index (κ3) is 10.9. The predicted octanol–water partition coefficient (Wildman–Crippen LogP) is 5.59. The van der Waals surface area contributed by atoms with Crippen molar-refractivity contribution in [1.29, 1.82) is 0 Å². The minimum Gasteiger partial charge on any atom is -0.273 e. The molecule has 1 rings (SSSR count). The fraction of sp³-hybridized carbons (Fsp3) is 0.600. The van der Waals surface area contributed by atoms with Crippen molar-refractivity contribution in [2.75, 3.05) is 0 Å². The summed E-state index contributed by atoms with van der Waals surface area (Å²) in [5.74, 6) is -0.343. The van der Waals surface area contributed by atoms with Gasteiger partial charge in [-0.1, -0.05) is 76.8 Å². The molecule has 0 bridgehead atoms. The molecule has 3 nitrogen and oxygen atoms in total. The molecule has 0 saturated heterocycles. The molecule has 4 heteroatoms. The van der Waals surface area contributed by atoms with Crippen molar-refractivity contribution in [3.63, 3.8) is 0 Å². The van der Waals surface area contributed by atoms with E-state index in [4.69, 9.17) is 0 Å². The number of benzene rings is 1. The van der Waals surface area contributed by atoms with Gasteiger partial charge in [0.1, 0.15) is 5.82 Å². The molecule has 0 aliphatic rings. The highest BCUT2D eigenvalue weighted by Crippen LogP contribution is 2.11. The first kappa shape index (κ1) is 20.3. The van der Waals surface area contributed by atoms with E-state index in [2.05, 4.69) is 17.5 Å². The molecule has 0 aliphatic carbocycles. The molecule has 1 aromatic rings. The topological polar surface area (TPSA) is 41.5 Å². The van der Waals surface area contributed by atoms with Crippen LogP contribution in [0.1, 0.15) is 83.1 Å². The molecule has 0 saturated carbocycles. The van der Waals surface area contributed by atoms with Crippen LogP contribution in [0.25, 0.3) is 0 Å². The molecule has 24 heavy (non-hydrogen) atoms. The van der Waals surface area contributed by atoms with E-state index in [0.29, 0.717) is 6.42 Å². The molecule has 1 N–H and O–H groups in total. The van der Waals surface area contributed by atoms with Crippen molar-refractivity contribution >= 4 is 12.1 Å². The van der Waals surface area contributed by atoms with Gasteiger partial charge in [0.15, 0.2) is 0 Å². The first-order valence-electron chi connectivity index (χ1n) is 9.30. The molecule has 0 aliphatic heterocycles. The van der Waals surface area contributed by atoms with Gasteiger partial charge in [0.05, 0.1) is 6.21 Å². The Morgan fingerprint density at radius 3 is 2.08 bits per heavy atom. The average molecular weight is 334 g/mol. The van der Waals surface area contributed by atoms with Crippen LogP contribution in [-0.4, -0.2) is 12.1 Å². The molecule has 0 radical (unpaired) electrons. The quantitative estimate of drug-likeness (QED) is 0.285. The molecule has 1 aromatic carbocycles. The second kappa shape index (κ2) is 13.7. The van der Waals surface area contributed by atoms with Crippen molar-refractivity contribution in [2.24, 2.45) is 5.10 Å². The molecule has 0 atom stereocenters. The monoisotopic (exact) mass is 334 g/mol. The highest BCUT2D eigenvalue weighted by Gasteiger charge is 1.99. The number of hydrazone groups is 1. The Hall–Kier alpha value is -1.71. The Bertz CT molecular complexity index is 471. The standard InChI is InChI=1S/C20H31FN2O/c1-2-3-4-5-6-7-8-9-10-11-12-20(24)23-22-17-18-13-15-19(21)16-14-18/h13-17H,2-12H2,1H3,(H,23,24). The summed E-state index contributed by atoms with van der Waals surface area (Å²) in [4.78, 5) is 11.6. The summed E-state index contributed by atoms with van der Waals surface area (Å²) in [7, 11) is 0. The number of nitrogens with zero attached hydrogens (tertiary/aromatic N) is 1. The summed E-state index contributed by atoms with van der Waals surface area (Å²) in [5.41, 5.74) is 3.27. The predicted molar refractivity (Wildman–Crippen MR) is 98.6 cm³/mol. The smallest absolute Gasteiger partial charge is 0.240 e. The third-order valence-corrected chi connectivity index (χ3v) is 4.03. The maximum absolute atomic E-state index is 12.7. The van der Waals surface area contributed by atoms with E-state index in [-0.39, 0.29) is 11.7 Å². The number of halogens is 1. The lowest BCUT2D eigenvalue weighted by atomic mass is 10.1. The second-order valence-corrected chi connectivity index (χ2v) is 6.28. The van der Waals surface area contributed by atoms with Gasteiger partial charge in [-0.25, -0.2) is 9.82 Å². The fourth-order valence-electron chi connectivity index (χ4n) is 2.56. The zero-order valence-electron chi connectivity index (χ0n) is 14.9. The number of rotatable bonds is 13. The normalized spacial score (nSPS) is 11.1. The Morgan fingerprint density at radius 2 is 1.50 bits per heavy atom. The van der Waals surface area contributed by atoms with E-state index in [1.807, 2.05) is 0 Å². The van der Waals surface area contributed by atoms with Crippen molar-refractivity contribution in [3.8, 4) is 0 Å². The number of hydrogen-bond donors (Lipinski definition) is 1. The minimum absolute atomic E-state index is 0.0621. The minimum atomic E-state index is -0.280. The summed E-state index contributed by atoms with van der Waals surface area (Å²) >= 11 is 0. The van der Waals surface area contributed by atoms with Crippen LogP contribution >= 0.6 is 0 Å². The van der Waals surface area contributed by atoms with Gasteiger partial charge in [-0.05, 0) is 24.1 Å². The van der Waals surface area contributed by atoms with E-state index in [1.165, 1.54) is 69.7 Å². The Kier molecular flexibility index (Phi) is 11.6. The number of unbranched alkanes of at least 4 members (excludes halogenated alkanes) is 9. The molecule has 0 fully saturated rings. The van der Waals surface area contributed by atoms with Crippen molar-refractivity contribution in [3.05, 3.63) is 35.6 Å². The Balaban J connectivity index is 1.95. The van der Waals surface area contributed by atoms with Gasteiger partial charge in [0.2, 0.25) is 5.91 Å². The number of carbonyl (C=O) groups excluding carboxylic acids is 1. The number of hydrogen-bond acceptors (Lipinski definition) is 2. The lowest BCUT2D eigenvalue weighted by Gasteiger charge is -2.02. The van der Waals surface area contributed by atoms with E-state index >= 15 is 0 Å². The Morgan fingerprint density at radius 1 is 0.958 bits per heavy atom. The van der Waals surface area contributed by atoms with Crippen LogP contribution in [0.2, 0.25) is 0 Å². The SMILES string of the molecule is CCCCCCCCCCCCC(=O)NN=Cc1ccc(F)cc1. The van der Waals surface area contributed by atoms with Crippen molar-refractivity contribution in [2.45, 2.75) is 77.6 Å². The average Bonchev–Trinajstić information content (AvgIpc) is 2.58. The first-order chi connectivity index (χ1) is 11.7. The molecule has 0 heterocycles. The highest BCUT2D eigenvalue weighted by molar-refractivity contribution is 5.82. The van der Waals surface area contributed by atoms with Crippen molar-refractivity contribution < 1.29 is 9.18 Å². The summed E-state index contributed by atoms with van der Waals surface area (Å²) in [5, 5.41) is 3.89. The van der Waals surface area contributed by atoms with Crippen LogP contribution in [0.3, 0.4) is 0 Å². The second-order valence-electron chi connectivity index (χ2n) is 6.28. The van der Waals surface area contributed by atoms with Gasteiger partial charge in [0.25, 0.3) is 0 Å². The summed E-state index contributed by atoms with van der Waals surface area (Å²) in [6.45, 7) is 2.24. The van der Waals surface area contributed by atoms with Gasteiger partial charge in [0, 0.05) is 6.42 Å². The maximum atomic E-state index is 12.7. The van der Waals surface area contributed by atoms with Crippen LogP contribution in [0.4, 0.5) is 4.39 Å². The lowest BCUT2D eigenvalue weighted by molar-refractivity contribution is -0.121. The van der Waals surface area contributed by atoms with Crippen LogP contribution in [0.5, 0.6) is 0 Å². The molecule has 134 valence electrons. The van der Waals surface area contributed by atoms with E-state index in [0.717, 1.165) is 18.4 Å². The Labute approximate surface area is 145 Å². The van der Waals surface area contributed by atoms with Gasteiger partial charge >= 0.3 is 0 Å². The van der Waals surface area contributed by atoms with Crippen LogP contribution in [0.15, 0.2) is 29.4 Å². The van der Waals surface area contributed by atoms with Crippen LogP contribution < -0.4 is 5.43 Å².